The second-order valence-corrected chi connectivity index (χ2v) is 2.90. The molecule has 0 saturated heterocycles. The summed E-state index contributed by atoms with van der Waals surface area (Å²) in [6, 6.07) is 1.04. The molecule has 0 aliphatic rings. The number of pyridine rings is 1. The highest BCUT2D eigenvalue weighted by molar-refractivity contribution is 5.73. The van der Waals surface area contributed by atoms with Gasteiger partial charge in [0.25, 0.3) is 0 Å². The van der Waals surface area contributed by atoms with Crippen molar-refractivity contribution in [3.8, 4) is 5.75 Å². The smallest absolute Gasteiger partial charge is 0.335 e. The summed E-state index contributed by atoms with van der Waals surface area (Å²) >= 11 is 0. The van der Waals surface area contributed by atoms with Crippen LogP contribution in [0.2, 0.25) is 0 Å². The zero-order valence-corrected chi connectivity index (χ0v) is 7.53. The molecule has 0 aliphatic heterocycles. The monoisotopic (exact) mass is 214 g/mol. The minimum Gasteiger partial charge on any atom is -0.504 e. The van der Waals surface area contributed by atoms with Crippen molar-refractivity contribution in [1.29, 1.82) is 0 Å². The van der Waals surface area contributed by atoms with Gasteiger partial charge in [0.05, 0.1) is 0 Å². The van der Waals surface area contributed by atoms with Crippen LogP contribution in [0, 0.1) is 0 Å². The lowest BCUT2D eigenvalue weighted by Crippen LogP contribution is -2.27. The summed E-state index contributed by atoms with van der Waals surface area (Å²) in [5, 5.41) is 35.9. The van der Waals surface area contributed by atoms with E-state index in [1.54, 1.807) is 0 Å². The number of aliphatic carboxylic acids is 1. The molecule has 0 bridgehead atoms. The van der Waals surface area contributed by atoms with Gasteiger partial charge in [-0.25, -0.2) is 9.78 Å². The molecule has 0 saturated carbocycles. The standard InChI is InChI=1S/C8H10N2O5/c9-7-4(11)1-3(2-10-7)5(12)6(13)8(14)15/h1-2,5-6,11-13H,(H2,9,10)(H,14,15). The molecular formula is C8H10N2O5. The van der Waals surface area contributed by atoms with Gasteiger partial charge in [0.15, 0.2) is 17.7 Å². The summed E-state index contributed by atoms with van der Waals surface area (Å²) < 4.78 is 0. The van der Waals surface area contributed by atoms with Crippen molar-refractivity contribution >= 4 is 11.8 Å². The maximum absolute atomic E-state index is 10.3. The fraction of sp³-hybridized carbons (Fsp3) is 0.250. The van der Waals surface area contributed by atoms with Gasteiger partial charge in [-0.05, 0) is 6.07 Å². The minimum absolute atomic E-state index is 0.0309. The molecule has 0 amide bonds. The van der Waals surface area contributed by atoms with Crippen molar-refractivity contribution in [2.24, 2.45) is 0 Å². The van der Waals surface area contributed by atoms with Gasteiger partial charge in [0, 0.05) is 11.8 Å². The van der Waals surface area contributed by atoms with Crippen LogP contribution < -0.4 is 5.73 Å². The van der Waals surface area contributed by atoms with Crippen LogP contribution in [-0.4, -0.2) is 37.5 Å². The van der Waals surface area contributed by atoms with Gasteiger partial charge < -0.3 is 26.2 Å². The average molecular weight is 214 g/mol. The molecule has 0 aromatic carbocycles. The van der Waals surface area contributed by atoms with Crippen molar-refractivity contribution < 1.29 is 25.2 Å². The molecule has 0 spiro atoms. The Labute approximate surface area is 84.4 Å². The van der Waals surface area contributed by atoms with E-state index in [0.717, 1.165) is 12.3 Å². The summed E-state index contributed by atoms with van der Waals surface area (Å²) in [5.74, 6) is -2.10. The van der Waals surface area contributed by atoms with Crippen LogP contribution in [0.15, 0.2) is 12.3 Å². The number of aromatic nitrogens is 1. The van der Waals surface area contributed by atoms with Crippen LogP contribution in [0.25, 0.3) is 0 Å². The Balaban J connectivity index is 2.96. The number of anilines is 1. The third-order valence-electron chi connectivity index (χ3n) is 1.81. The molecule has 0 fully saturated rings. The summed E-state index contributed by atoms with van der Waals surface area (Å²) in [7, 11) is 0. The zero-order chi connectivity index (χ0) is 11.6. The number of hydrogen-bond acceptors (Lipinski definition) is 6. The van der Waals surface area contributed by atoms with Crippen molar-refractivity contribution in [2.75, 3.05) is 5.73 Å². The number of carbonyl (C=O) groups is 1. The highest BCUT2D eigenvalue weighted by Gasteiger charge is 2.25. The predicted molar refractivity (Wildman–Crippen MR) is 48.9 cm³/mol. The van der Waals surface area contributed by atoms with Crippen LogP contribution in [0.3, 0.4) is 0 Å². The van der Waals surface area contributed by atoms with E-state index in [1.165, 1.54) is 0 Å². The lowest BCUT2D eigenvalue weighted by molar-refractivity contribution is -0.153. The molecule has 0 radical (unpaired) electrons. The third-order valence-corrected chi connectivity index (χ3v) is 1.81. The highest BCUT2D eigenvalue weighted by Crippen LogP contribution is 2.23. The summed E-state index contributed by atoms with van der Waals surface area (Å²) in [4.78, 5) is 13.9. The third kappa shape index (κ3) is 2.33. The fourth-order valence-corrected chi connectivity index (χ4v) is 0.958. The molecule has 0 aliphatic carbocycles. The van der Waals surface area contributed by atoms with E-state index in [-0.39, 0.29) is 17.1 Å². The Morgan fingerprint density at radius 1 is 1.47 bits per heavy atom. The van der Waals surface area contributed by atoms with E-state index in [4.69, 9.17) is 21.1 Å². The Hall–Kier alpha value is -1.86. The molecule has 1 aromatic heterocycles. The van der Waals surface area contributed by atoms with Crippen molar-refractivity contribution in [3.05, 3.63) is 17.8 Å². The first kappa shape index (κ1) is 11.2. The Kier molecular flexibility index (Phi) is 3.08. The summed E-state index contributed by atoms with van der Waals surface area (Å²) in [6.45, 7) is 0. The number of hydrogen-bond donors (Lipinski definition) is 5. The van der Waals surface area contributed by atoms with Crippen LogP contribution in [0.4, 0.5) is 5.82 Å². The summed E-state index contributed by atoms with van der Waals surface area (Å²) in [5.41, 5.74) is 5.17. The average Bonchev–Trinajstić information content (AvgIpc) is 2.19. The van der Waals surface area contributed by atoms with Gasteiger partial charge in [-0.3, -0.25) is 0 Å². The first-order valence-corrected chi connectivity index (χ1v) is 3.96. The lowest BCUT2D eigenvalue weighted by atomic mass is 10.1. The first-order chi connectivity index (χ1) is 6.93. The van der Waals surface area contributed by atoms with Gasteiger partial charge in [-0.2, -0.15) is 0 Å². The second-order valence-electron chi connectivity index (χ2n) is 2.90. The first-order valence-electron chi connectivity index (χ1n) is 3.96. The van der Waals surface area contributed by atoms with Crippen LogP contribution in [0.1, 0.15) is 11.7 Å². The minimum atomic E-state index is -1.98. The number of carboxylic acids is 1. The topological polar surface area (TPSA) is 137 Å². The number of nitrogens with two attached hydrogens (primary N) is 1. The molecule has 2 atom stereocenters. The van der Waals surface area contributed by atoms with E-state index < -0.39 is 18.2 Å². The largest absolute Gasteiger partial charge is 0.504 e. The normalized spacial score (nSPS) is 14.5. The number of carboxylic acid groups (broad SMARTS) is 1. The SMILES string of the molecule is Nc1ncc(C(O)C(O)C(=O)O)cc1O. The van der Waals surface area contributed by atoms with Gasteiger partial charge in [-0.15, -0.1) is 0 Å². The number of aromatic hydroxyl groups is 1. The van der Waals surface area contributed by atoms with E-state index in [9.17, 15) is 9.90 Å². The second kappa shape index (κ2) is 4.11. The van der Waals surface area contributed by atoms with E-state index in [2.05, 4.69) is 4.98 Å². The van der Waals surface area contributed by atoms with Gasteiger partial charge in [-0.1, -0.05) is 0 Å². The Morgan fingerprint density at radius 3 is 2.53 bits per heavy atom. The molecule has 1 aromatic rings. The molecule has 7 nitrogen and oxygen atoms in total. The Bertz CT molecular complexity index is 381. The number of aliphatic hydroxyl groups is 2. The number of aliphatic hydroxyl groups excluding tert-OH is 2. The van der Waals surface area contributed by atoms with Gasteiger partial charge in [0.2, 0.25) is 0 Å². The fourth-order valence-electron chi connectivity index (χ4n) is 0.958. The van der Waals surface area contributed by atoms with Gasteiger partial charge in [0.1, 0.15) is 6.10 Å². The number of nitrogen functional groups attached to an aromatic ring is 1. The molecule has 1 rings (SSSR count). The quantitative estimate of drug-likeness (QED) is 0.428. The maximum Gasteiger partial charge on any atom is 0.335 e. The molecule has 15 heavy (non-hydrogen) atoms. The summed E-state index contributed by atoms with van der Waals surface area (Å²) in [6.07, 6.45) is -2.57. The lowest BCUT2D eigenvalue weighted by Gasteiger charge is -2.14. The molecule has 2 unspecified atom stereocenters. The van der Waals surface area contributed by atoms with Crippen molar-refractivity contribution in [1.82, 2.24) is 4.98 Å². The molecule has 7 heteroatoms. The Morgan fingerprint density at radius 2 is 2.07 bits per heavy atom. The molecule has 1 heterocycles. The van der Waals surface area contributed by atoms with Crippen LogP contribution in [0.5, 0.6) is 5.75 Å². The molecule has 6 N–H and O–H groups in total. The number of nitrogens with zero attached hydrogens (tertiary/aromatic N) is 1. The van der Waals surface area contributed by atoms with Crippen LogP contribution in [-0.2, 0) is 4.79 Å². The van der Waals surface area contributed by atoms with Gasteiger partial charge >= 0.3 is 5.97 Å². The van der Waals surface area contributed by atoms with Crippen molar-refractivity contribution in [2.45, 2.75) is 12.2 Å². The van der Waals surface area contributed by atoms with E-state index >= 15 is 0 Å². The molecule has 82 valence electrons. The van der Waals surface area contributed by atoms with E-state index in [1.807, 2.05) is 0 Å². The van der Waals surface area contributed by atoms with E-state index in [0.29, 0.717) is 0 Å². The highest BCUT2D eigenvalue weighted by atomic mass is 16.4. The van der Waals surface area contributed by atoms with Crippen molar-refractivity contribution in [3.63, 3.8) is 0 Å². The molecular weight excluding hydrogens is 204 g/mol. The number of rotatable bonds is 3. The predicted octanol–water partition coefficient (Wildman–Crippen LogP) is -1.15. The van der Waals surface area contributed by atoms with Crippen LogP contribution >= 0.6 is 0 Å². The maximum atomic E-state index is 10.3. The zero-order valence-electron chi connectivity index (χ0n) is 7.53.